The molecular formula is C17H13F2N3O3. The summed E-state index contributed by atoms with van der Waals surface area (Å²) in [5.41, 5.74) is 1.17. The van der Waals surface area contributed by atoms with Crippen LogP contribution in [0.15, 0.2) is 48.8 Å². The van der Waals surface area contributed by atoms with Gasteiger partial charge in [0.1, 0.15) is 18.2 Å². The second kappa shape index (κ2) is 7.08. The van der Waals surface area contributed by atoms with E-state index in [1.165, 1.54) is 6.33 Å². The zero-order chi connectivity index (χ0) is 17.8. The minimum absolute atomic E-state index is 0.123. The molecule has 1 N–H and O–H groups in total. The predicted molar refractivity (Wildman–Crippen MR) is 85.7 cm³/mol. The molecule has 3 rings (SSSR count). The van der Waals surface area contributed by atoms with Gasteiger partial charge in [-0.25, -0.2) is 13.8 Å². The number of carbonyl (C=O) groups excluding carboxylic acids is 2. The molecule has 3 aromatic rings. The van der Waals surface area contributed by atoms with E-state index in [0.29, 0.717) is 0 Å². The maximum Gasteiger partial charge on any atom is 0.326 e. The van der Waals surface area contributed by atoms with E-state index >= 15 is 0 Å². The lowest BCUT2D eigenvalue weighted by molar-refractivity contribution is -0.147. The predicted octanol–water partition coefficient (Wildman–Crippen LogP) is 2.50. The molecule has 128 valence electrons. The monoisotopic (exact) mass is 345 g/mol. The Morgan fingerprint density at radius 3 is 2.80 bits per heavy atom. The SMILES string of the molecule is O=C(COC(=O)Cn1cnc2ccccc21)Nc1cc(F)ccc1F. The maximum absolute atomic E-state index is 13.4. The molecule has 0 fully saturated rings. The van der Waals surface area contributed by atoms with E-state index in [1.54, 1.807) is 16.7 Å². The summed E-state index contributed by atoms with van der Waals surface area (Å²) >= 11 is 0. The van der Waals surface area contributed by atoms with Crippen LogP contribution in [0, 0.1) is 11.6 Å². The third-order valence-electron chi connectivity index (χ3n) is 3.39. The van der Waals surface area contributed by atoms with Gasteiger partial charge in [-0.15, -0.1) is 0 Å². The van der Waals surface area contributed by atoms with E-state index in [4.69, 9.17) is 4.74 Å². The number of halogens is 2. The Hall–Kier alpha value is -3.29. The Bertz CT molecular complexity index is 940. The molecule has 0 spiro atoms. The van der Waals surface area contributed by atoms with Crippen LogP contribution in [0.2, 0.25) is 0 Å². The molecule has 0 aliphatic rings. The van der Waals surface area contributed by atoms with Crippen molar-refractivity contribution in [3.8, 4) is 0 Å². The van der Waals surface area contributed by atoms with Crippen molar-refractivity contribution < 1.29 is 23.1 Å². The van der Waals surface area contributed by atoms with Gasteiger partial charge in [0.25, 0.3) is 5.91 Å². The molecule has 0 saturated heterocycles. The molecule has 0 bridgehead atoms. The molecule has 0 atom stereocenters. The topological polar surface area (TPSA) is 73.2 Å². The first kappa shape index (κ1) is 16.6. The quantitative estimate of drug-likeness (QED) is 0.721. The molecule has 1 heterocycles. The molecule has 0 aliphatic carbocycles. The molecule has 1 amide bonds. The van der Waals surface area contributed by atoms with Crippen LogP contribution in [0.3, 0.4) is 0 Å². The molecule has 0 aliphatic heterocycles. The van der Waals surface area contributed by atoms with Gasteiger partial charge in [0.15, 0.2) is 6.61 Å². The van der Waals surface area contributed by atoms with E-state index in [-0.39, 0.29) is 12.2 Å². The molecule has 25 heavy (non-hydrogen) atoms. The molecule has 8 heteroatoms. The number of imidazole rings is 1. The largest absolute Gasteiger partial charge is 0.454 e. The Kier molecular flexibility index (Phi) is 4.69. The first-order valence-electron chi connectivity index (χ1n) is 7.33. The number of nitrogens with zero attached hydrogens (tertiary/aromatic N) is 2. The molecule has 6 nitrogen and oxygen atoms in total. The summed E-state index contributed by atoms with van der Waals surface area (Å²) in [5, 5.41) is 2.14. The van der Waals surface area contributed by atoms with E-state index in [1.807, 2.05) is 12.1 Å². The number of hydrogen-bond donors (Lipinski definition) is 1. The third-order valence-corrected chi connectivity index (χ3v) is 3.39. The summed E-state index contributed by atoms with van der Waals surface area (Å²) in [4.78, 5) is 27.7. The molecule has 0 saturated carbocycles. The third kappa shape index (κ3) is 3.97. The first-order valence-corrected chi connectivity index (χ1v) is 7.33. The number of para-hydroxylation sites is 2. The lowest BCUT2D eigenvalue weighted by Gasteiger charge is -2.08. The van der Waals surface area contributed by atoms with Crippen LogP contribution >= 0.6 is 0 Å². The van der Waals surface area contributed by atoms with Crippen molar-refractivity contribution in [3.05, 3.63) is 60.4 Å². The Morgan fingerprint density at radius 2 is 1.96 bits per heavy atom. The number of nitrogens with one attached hydrogen (secondary N) is 1. The van der Waals surface area contributed by atoms with E-state index < -0.39 is 30.1 Å². The number of hydrogen-bond acceptors (Lipinski definition) is 4. The first-order chi connectivity index (χ1) is 12.0. The normalized spacial score (nSPS) is 10.6. The smallest absolute Gasteiger partial charge is 0.326 e. The van der Waals surface area contributed by atoms with Gasteiger partial charge in [0, 0.05) is 6.07 Å². The fraction of sp³-hybridized carbons (Fsp3) is 0.118. The number of carbonyl (C=O) groups is 2. The lowest BCUT2D eigenvalue weighted by Crippen LogP contribution is -2.23. The van der Waals surface area contributed by atoms with Crippen molar-refractivity contribution in [1.29, 1.82) is 0 Å². The van der Waals surface area contributed by atoms with Gasteiger partial charge in [-0.2, -0.15) is 0 Å². The van der Waals surface area contributed by atoms with Crippen molar-refractivity contribution in [2.75, 3.05) is 11.9 Å². The van der Waals surface area contributed by atoms with Gasteiger partial charge >= 0.3 is 5.97 Å². The Morgan fingerprint density at radius 1 is 1.16 bits per heavy atom. The fourth-order valence-electron chi connectivity index (χ4n) is 2.25. The highest BCUT2D eigenvalue weighted by atomic mass is 19.1. The standard InChI is InChI=1S/C17H13F2N3O3/c18-11-5-6-12(19)14(7-11)21-16(23)9-25-17(24)8-22-10-20-13-3-1-2-4-15(13)22/h1-7,10H,8-9H2,(H,21,23). The second-order valence-corrected chi connectivity index (χ2v) is 5.19. The number of anilines is 1. The summed E-state index contributed by atoms with van der Waals surface area (Å²) in [6, 6.07) is 9.90. The molecule has 0 radical (unpaired) electrons. The maximum atomic E-state index is 13.4. The summed E-state index contributed by atoms with van der Waals surface area (Å²) in [6.07, 6.45) is 1.49. The van der Waals surface area contributed by atoms with Gasteiger partial charge in [0.05, 0.1) is 23.0 Å². The van der Waals surface area contributed by atoms with Gasteiger partial charge in [0.2, 0.25) is 0 Å². The number of rotatable bonds is 5. The number of amides is 1. The van der Waals surface area contributed by atoms with Crippen LogP contribution in [0.1, 0.15) is 0 Å². The minimum atomic E-state index is -0.786. The van der Waals surface area contributed by atoms with Gasteiger partial charge in [-0.1, -0.05) is 12.1 Å². The summed E-state index contributed by atoms with van der Waals surface area (Å²) < 4.78 is 32.9. The molecule has 1 aromatic heterocycles. The van der Waals surface area contributed by atoms with Crippen molar-refractivity contribution >= 4 is 28.6 Å². The number of aromatic nitrogens is 2. The average Bonchev–Trinajstić information content (AvgIpc) is 2.99. The highest BCUT2D eigenvalue weighted by molar-refractivity contribution is 5.93. The number of ether oxygens (including phenoxy) is 1. The summed E-state index contributed by atoms with van der Waals surface area (Å²) in [5.74, 6) is -2.90. The lowest BCUT2D eigenvalue weighted by atomic mass is 10.3. The van der Waals surface area contributed by atoms with Crippen LogP contribution in [0.5, 0.6) is 0 Å². The van der Waals surface area contributed by atoms with Crippen molar-refractivity contribution in [1.82, 2.24) is 9.55 Å². The van der Waals surface area contributed by atoms with Gasteiger partial charge < -0.3 is 14.6 Å². The van der Waals surface area contributed by atoms with Crippen molar-refractivity contribution in [2.45, 2.75) is 6.54 Å². The van der Waals surface area contributed by atoms with Crippen LogP contribution in [-0.4, -0.2) is 28.0 Å². The number of esters is 1. The second-order valence-electron chi connectivity index (χ2n) is 5.19. The highest BCUT2D eigenvalue weighted by Crippen LogP contribution is 2.15. The molecule has 2 aromatic carbocycles. The average molecular weight is 345 g/mol. The van der Waals surface area contributed by atoms with Crippen molar-refractivity contribution in [3.63, 3.8) is 0 Å². The fourth-order valence-corrected chi connectivity index (χ4v) is 2.25. The van der Waals surface area contributed by atoms with E-state index in [9.17, 15) is 18.4 Å². The zero-order valence-corrected chi connectivity index (χ0v) is 12.9. The zero-order valence-electron chi connectivity index (χ0n) is 12.9. The Balaban J connectivity index is 1.55. The van der Waals surface area contributed by atoms with Crippen LogP contribution in [-0.2, 0) is 20.9 Å². The van der Waals surface area contributed by atoms with Crippen molar-refractivity contribution in [2.24, 2.45) is 0 Å². The highest BCUT2D eigenvalue weighted by Gasteiger charge is 2.12. The summed E-state index contributed by atoms with van der Waals surface area (Å²) in [6.45, 7) is -0.733. The van der Waals surface area contributed by atoms with Crippen LogP contribution < -0.4 is 5.32 Å². The number of fused-ring (bicyclic) bond motifs is 1. The molecular weight excluding hydrogens is 332 g/mol. The van der Waals surface area contributed by atoms with Crippen LogP contribution in [0.4, 0.5) is 14.5 Å². The minimum Gasteiger partial charge on any atom is -0.454 e. The summed E-state index contributed by atoms with van der Waals surface area (Å²) in [7, 11) is 0. The van der Waals surface area contributed by atoms with E-state index in [2.05, 4.69) is 10.3 Å². The van der Waals surface area contributed by atoms with Crippen LogP contribution in [0.25, 0.3) is 11.0 Å². The number of benzene rings is 2. The van der Waals surface area contributed by atoms with Gasteiger partial charge in [-0.05, 0) is 24.3 Å². The van der Waals surface area contributed by atoms with Gasteiger partial charge in [-0.3, -0.25) is 9.59 Å². The Labute approximate surface area is 141 Å². The van der Waals surface area contributed by atoms with E-state index in [0.717, 1.165) is 29.2 Å². The molecule has 0 unspecified atom stereocenters.